The van der Waals surface area contributed by atoms with Gasteiger partial charge < -0.3 is 25.0 Å². The topological polar surface area (TPSA) is 82.1 Å². The van der Waals surface area contributed by atoms with Crippen LogP contribution in [-0.4, -0.2) is 72.7 Å². The van der Waals surface area contributed by atoms with Crippen LogP contribution < -0.4 is 10.1 Å². The van der Waals surface area contributed by atoms with Crippen molar-refractivity contribution in [1.29, 1.82) is 0 Å². The van der Waals surface area contributed by atoms with Crippen LogP contribution in [0.3, 0.4) is 0 Å². The van der Waals surface area contributed by atoms with E-state index < -0.39 is 0 Å². The summed E-state index contributed by atoms with van der Waals surface area (Å²) in [4.78, 5) is 29.4. The third-order valence-corrected chi connectivity index (χ3v) is 5.44. The highest BCUT2D eigenvalue weighted by Crippen LogP contribution is 2.37. The molecule has 0 unspecified atom stereocenters. The Balaban J connectivity index is 2.02. The molecule has 7 heteroatoms. The molecule has 7 nitrogen and oxygen atoms in total. The number of rotatable bonds is 6. The van der Waals surface area contributed by atoms with Crippen molar-refractivity contribution >= 4 is 17.5 Å². The van der Waals surface area contributed by atoms with E-state index in [2.05, 4.69) is 17.1 Å². The molecule has 1 aliphatic heterocycles. The second-order valence-electron chi connectivity index (χ2n) is 8.33. The van der Waals surface area contributed by atoms with Gasteiger partial charge in [0.2, 0.25) is 5.91 Å². The number of hydrogen-bond donors (Lipinski definition) is 2. The molecule has 0 bridgehead atoms. The molecule has 3 atom stereocenters. The van der Waals surface area contributed by atoms with Crippen molar-refractivity contribution in [3.63, 3.8) is 0 Å². The van der Waals surface area contributed by atoms with Crippen molar-refractivity contribution in [1.82, 2.24) is 9.80 Å². The summed E-state index contributed by atoms with van der Waals surface area (Å²) in [6.07, 6.45) is 1.65. The van der Waals surface area contributed by atoms with Crippen LogP contribution in [0.2, 0.25) is 0 Å². The fraction of sp³-hybridized carbons (Fsp3) is 0.619. The number of fused-ring (bicyclic) bond motifs is 1. The lowest BCUT2D eigenvalue weighted by atomic mass is 9.99. The third kappa shape index (κ3) is 4.47. The zero-order valence-electron chi connectivity index (χ0n) is 17.1. The molecule has 2 aliphatic rings. The minimum Gasteiger partial charge on any atom is -0.486 e. The number of aliphatic hydroxyl groups is 1. The Kier molecular flexibility index (Phi) is 6.25. The van der Waals surface area contributed by atoms with E-state index in [0.717, 1.165) is 12.8 Å². The van der Waals surface area contributed by atoms with Crippen LogP contribution in [0, 0.1) is 11.8 Å². The smallest absolute Gasteiger partial charge is 0.258 e. The van der Waals surface area contributed by atoms with Crippen LogP contribution in [0.1, 0.15) is 37.0 Å². The number of hydrogen-bond acceptors (Lipinski definition) is 5. The van der Waals surface area contributed by atoms with Crippen molar-refractivity contribution in [2.45, 2.75) is 38.8 Å². The predicted octanol–water partition coefficient (Wildman–Crippen LogP) is 1.82. The number of anilines is 1. The molecule has 1 aliphatic carbocycles. The van der Waals surface area contributed by atoms with Crippen molar-refractivity contribution in [3.05, 3.63) is 23.8 Å². The first-order valence-electron chi connectivity index (χ1n) is 9.98. The van der Waals surface area contributed by atoms with Crippen molar-refractivity contribution < 1.29 is 19.4 Å². The van der Waals surface area contributed by atoms with Gasteiger partial charge in [-0.3, -0.25) is 9.59 Å². The monoisotopic (exact) mass is 389 g/mol. The molecular formula is C21H31N3O4. The Morgan fingerprint density at radius 1 is 1.39 bits per heavy atom. The fourth-order valence-electron chi connectivity index (χ4n) is 3.50. The molecule has 1 fully saturated rings. The maximum absolute atomic E-state index is 13.3. The SMILES string of the molecule is C[C@H](CO)N1C[C@H](C)[C@H](CN(C)C)Oc2c(NC(=O)C3CC3)cccc2C1=O. The largest absolute Gasteiger partial charge is 0.486 e. The Labute approximate surface area is 166 Å². The number of likely N-dealkylation sites (N-methyl/N-ethyl adjacent to an activating group) is 1. The summed E-state index contributed by atoms with van der Waals surface area (Å²) >= 11 is 0. The van der Waals surface area contributed by atoms with Gasteiger partial charge in [0.15, 0.2) is 5.75 Å². The molecule has 0 spiro atoms. The van der Waals surface area contributed by atoms with Crippen LogP contribution in [0.25, 0.3) is 0 Å². The molecule has 28 heavy (non-hydrogen) atoms. The van der Waals surface area contributed by atoms with Crippen LogP contribution in [-0.2, 0) is 4.79 Å². The number of carbonyl (C=O) groups is 2. The number of nitrogens with zero attached hydrogens (tertiary/aromatic N) is 2. The summed E-state index contributed by atoms with van der Waals surface area (Å²) in [6.45, 7) is 4.96. The zero-order chi connectivity index (χ0) is 20.4. The van der Waals surface area contributed by atoms with Gasteiger partial charge in [-0.1, -0.05) is 13.0 Å². The van der Waals surface area contributed by atoms with E-state index in [1.807, 2.05) is 21.0 Å². The average molecular weight is 389 g/mol. The van der Waals surface area contributed by atoms with Gasteiger partial charge in [0, 0.05) is 24.9 Å². The van der Waals surface area contributed by atoms with E-state index in [4.69, 9.17) is 4.74 Å². The number of aliphatic hydroxyl groups excluding tert-OH is 1. The number of para-hydroxylation sites is 1. The third-order valence-electron chi connectivity index (χ3n) is 5.44. The predicted molar refractivity (Wildman–Crippen MR) is 108 cm³/mol. The van der Waals surface area contributed by atoms with Gasteiger partial charge >= 0.3 is 0 Å². The minimum absolute atomic E-state index is 0.0238. The van der Waals surface area contributed by atoms with Crippen LogP contribution >= 0.6 is 0 Å². The van der Waals surface area contributed by atoms with Gasteiger partial charge in [0.1, 0.15) is 6.10 Å². The summed E-state index contributed by atoms with van der Waals surface area (Å²) < 4.78 is 6.36. The Morgan fingerprint density at radius 3 is 2.71 bits per heavy atom. The van der Waals surface area contributed by atoms with Crippen LogP contribution in [0.5, 0.6) is 5.75 Å². The second kappa shape index (κ2) is 8.49. The lowest BCUT2D eigenvalue weighted by molar-refractivity contribution is -0.117. The molecule has 1 aromatic rings. The Bertz CT molecular complexity index is 732. The maximum Gasteiger partial charge on any atom is 0.258 e. The van der Waals surface area contributed by atoms with E-state index in [9.17, 15) is 14.7 Å². The summed E-state index contributed by atoms with van der Waals surface area (Å²) in [6, 6.07) is 4.97. The number of carbonyl (C=O) groups excluding carboxylic acids is 2. The molecule has 0 aromatic heterocycles. The molecule has 2 N–H and O–H groups in total. The summed E-state index contributed by atoms with van der Waals surface area (Å²) in [5, 5.41) is 12.6. The lowest BCUT2D eigenvalue weighted by Crippen LogP contribution is -2.49. The maximum atomic E-state index is 13.3. The number of benzene rings is 1. The highest BCUT2D eigenvalue weighted by Gasteiger charge is 2.35. The van der Waals surface area contributed by atoms with Gasteiger partial charge in [-0.25, -0.2) is 0 Å². The first-order valence-corrected chi connectivity index (χ1v) is 9.98. The van der Waals surface area contributed by atoms with Crippen molar-refractivity contribution in [3.8, 4) is 5.75 Å². The van der Waals surface area contributed by atoms with E-state index in [1.54, 1.807) is 23.1 Å². The fourth-order valence-corrected chi connectivity index (χ4v) is 3.50. The Hall–Kier alpha value is -2.12. The number of amides is 2. The summed E-state index contributed by atoms with van der Waals surface area (Å²) in [5.74, 6) is 0.330. The Morgan fingerprint density at radius 2 is 2.11 bits per heavy atom. The molecule has 0 radical (unpaired) electrons. The molecule has 1 aromatic carbocycles. The van der Waals surface area contributed by atoms with Crippen LogP contribution in [0.15, 0.2) is 18.2 Å². The lowest BCUT2D eigenvalue weighted by Gasteiger charge is -2.38. The second-order valence-corrected chi connectivity index (χ2v) is 8.33. The van der Waals surface area contributed by atoms with E-state index >= 15 is 0 Å². The van der Waals surface area contributed by atoms with Crippen molar-refractivity contribution in [2.75, 3.05) is 39.1 Å². The molecular weight excluding hydrogens is 358 g/mol. The molecule has 0 saturated heterocycles. The quantitative estimate of drug-likeness (QED) is 0.776. The van der Waals surface area contributed by atoms with E-state index in [0.29, 0.717) is 30.1 Å². The minimum atomic E-state index is -0.300. The number of ether oxygens (including phenoxy) is 1. The van der Waals surface area contributed by atoms with E-state index in [1.165, 1.54) is 0 Å². The highest BCUT2D eigenvalue weighted by atomic mass is 16.5. The van der Waals surface area contributed by atoms with Gasteiger partial charge in [-0.2, -0.15) is 0 Å². The molecule has 1 heterocycles. The molecule has 154 valence electrons. The first kappa shape index (κ1) is 20.6. The summed E-state index contributed by atoms with van der Waals surface area (Å²) in [5.41, 5.74) is 0.960. The summed E-state index contributed by atoms with van der Waals surface area (Å²) in [7, 11) is 3.96. The first-order chi connectivity index (χ1) is 13.3. The van der Waals surface area contributed by atoms with Gasteiger partial charge in [-0.15, -0.1) is 0 Å². The molecule has 3 rings (SSSR count). The molecule has 2 amide bonds. The highest BCUT2D eigenvalue weighted by molar-refractivity contribution is 6.02. The van der Waals surface area contributed by atoms with Crippen LogP contribution in [0.4, 0.5) is 5.69 Å². The average Bonchev–Trinajstić information content (AvgIpc) is 3.49. The number of nitrogens with one attached hydrogen (secondary N) is 1. The van der Waals surface area contributed by atoms with Gasteiger partial charge in [0.05, 0.1) is 23.9 Å². The van der Waals surface area contributed by atoms with Gasteiger partial charge in [0.25, 0.3) is 5.91 Å². The zero-order valence-corrected chi connectivity index (χ0v) is 17.1. The standard InChI is InChI=1S/C21H31N3O4/c1-13-10-24(14(2)12-25)21(27)16-6-5-7-17(22-20(26)15-8-9-15)19(16)28-18(13)11-23(3)4/h5-7,13-15,18,25H,8-12H2,1-4H3,(H,22,26)/t13-,14+,18-/m0/s1. The normalized spacial score (nSPS) is 23.5. The van der Waals surface area contributed by atoms with Gasteiger partial charge in [-0.05, 0) is 46.0 Å². The van der Waals surface area contributed by atoms with E-state index in [-0.39, 0.29) is 42.4 Å². The van der Waals surface area contributed by atoms with Crippen molar-refractivity contribution in [2.24, 2.45) is 11.8 Å². The molecule has 1 saturated carbocycles.